The molecule has 0 aliphatic carbocycles. The minimum atomic E-state index is -0.599. The molecule has 0 aromatic rings. The SMILES string of the molecule is COC(=O)[C@H](CC(C)C)NC(=O)CC[Se][Se]CCC(=O)N[C@@H](CC(C)C)C(=O)OC. The zero-order valence-electron chi connectivity index (χ0n) is 18.8. The molecule has 0 aromatic heterocycles. The van der Waals surface area contributed by atoms with Gasteiger partial charge in [-0.05, 0) is 0 Å². The Kier molecular flexibility index (Phi) is 16.0. The van der Waals surface area contributed by atoms with E-state index < -0.39 is 24.0 Å². The molecule has 174 valence electrons. The Morgan fingerprint density at radius 3 is 1.30 bits per heavy atom. The molecule has 0 saturated carbocycles. The predicted octanol–water partition coefficient (Wildman–Crippen LogP) is 1.33. The summed E-state index contributed by atoms with van der Waals surface area (Å²) in [5.74, 6) is -0.576. The Bertz CT molecular complexity index is 509. The Morgan fingerprint density at radius 2 is 1.03 bits per heavy atom. The van der Waals surface area contributed by atoms with Crippen molar-refractivity contribution in [2.24, 2.45) is 11.8 Å². The molecule has 0 aromatic carbocycles. The molecule has 0 aliphatic rings. The van der Waals surface area contributed by atoms with E-state index >= 15 is 0 Å². The third-order valence-electron chi connectivity index (χ3n) is 3.96. The number of hydrogen-bond acceptors (Lipinski definition) is 6. The quantitative estimate of drug-likeness (QED) is 0.178. The predicted molar refractivity (Wildman–Crippen MR) is 117 cm³/mol. The summed E-state index contributed by atoms with van der Waals surface area (Å²) < 4.78 is 9.50. The van der Waals surface area contributed by atoms with Crippen LogP contribution in [0.5, 0.6) is 0 Å². The van der Waals surface area contributed by atoms with E-state index in [0.29, 0.717) is 51.9 Å². The number of carbonyl (C=O) groups excluding carboxylic acids is 4. The molecule has 30 heavy (non-hydrogen) atoms. The Hall–Kier alpha value is -1.08. The molecule has 0 rings (SSSR count). The fraction of sp³-hybridized carbons (Fsp3) is 0.800. The molecule has 10 heteroatoms. The number of carbonyl (C=O) groups is 4. The van der Waals surface area contributed by atoms with E-state index in [1.807, 2.05) is 27.7 Å². The first kappa shape index (κ1) is 28.9. The number of hydrogen-bond donors (Lipinski definition) is 2. The van der Waals surface area contributed by atoms with E-state index in [1.165, 1.54) is 14.2 Å². The average Bonchev–Trinajstić information content (AvgIpc) is 2.67. The molecular weight excluding hydrogens is 522 g/mol. The van der Waals surface area contributed by atoms with Crippen molar-refractivity contribution < 1.29 is 28.7 Å². The standard InChI is InChI=1S/C20H36N2O6Se2/c1-13(2)11-15(19(25)27-5)21-17(23)7-9-29-30-10-8-18(24)22-16(12-14(3)4)20(26)28-6/h13-16H,7-12H2,1-6H3,(H,21,23)(H,22,24)/t15-,16-/m0/s1. The first-order chi connectivity index (χ1) is 14.1. The summed E-state index contributed by atoms with van der Waals surface area (Å²) in [5, 5.41) is 7.06. The summed E-state index contributed by atoms with van der Waals surface area (Å²) in [6.07, 6.45) is 1.84. The van der Waals surface area contributed by atoms with E-state index in [2.05, 4.69) is 10.6 Å². The van der Waals surface area contributed by atoms with E-state index in [0.717, 1.165) is 10.6 Å². The normalized spacial score (nSPS) is 12.9. The second-order valence-corrected chi connectivity index (χ2v) is 15.5. The van der Waals surface area contributed by atoms with Crippen LogP contribution in [0.2, 0.25) is 10.6 Å². The van der Waals surface area contributed by atoms with Crippen LogP contribution in [0.1, 0.15) is 53.4 Å². The topological polar surface area (TPSA) is 111 Å². The molecule has 2 atom stereocenters. The van der Waals surface area contributed by atoms with Crippen LogP contribution in [0.15, 0.2) is 0 Å². The van der Waals surface area contributed by atoms with Crippen LogP contribution in [0, 0.1) is 11.8 Å². The zero-order valence-corrected chi connectivity index (χ0v) is 22.2. The average molecular weight is 558 g/mol. The van der Waals surface area contributed by atoms with E-state index in [4.69, 9.17) is 9.47 Å². The number of rotatable bonds is 15. The summed E-state index contributed by atoms with van der Waals surface area (Å²) in [4.78, 5) is 47.7. The number of amides is 2. The molecule has 0 saturated heterocycles. The Balaban J connectivity index is 4.11. The van der Waals surface area contributed by atoms with Gasteiger partial charge in [0.2, 0.25) is 0 Å². The fourth-order valence-electron chi connectivity index (χ4n) is 2.58. The summed E-state index contributed by atoms with van der Waals surface area (Å²) in [6.45, 7) is 7.94. The van der Waals surface area contributed by atoms with Crippen LogP contribution >= 0.6 is 0 Å². The molecule has 8 nitrogen and oxygen atoms in total. The van der Waals surface area contributed by atoms with Gasteiger partial charge in [0.25, 0.3) is 0 Å². The third-order valence-corrected chi connectivity index (χ3v) is 11.3. The van der Waals surface area contributed by atoms with Crippen molar-refractivity contribution in [3.8, 4) is 0 Å². The molecule has 0 unspecified atom stereocenters. The van der Waals surface area contributed by atoms with Gasteiger partial charge in [-0.2, -0.15) is 0 Å². The Labute approximate surface area is 191 Å². The van der Waals surface area contributed by atoms with Gasteiger partial charge in [0.15, 0.2) is 0 Å². The molecule has 0 radical (unpaired) electrons. The molecular formula is C20H36N2O6Se2. The van der Waals surface area contributed by atoms with Crippen molar-refractivity contribution in [1.29, 1.82) is 0 Å². The molecule has 2 amide bonds. The van der Waals surface area contributed by atoms with Crippen LogP contribution in [0.4, 0.5) is 0 Å². The van der Waals surface area contributed by atoms with E-state index in [-0.39, 0.29) is 23.7 Å². The number of methoxy groups -OCH3 is 2. The number of nitrogens with one attached hydrogen (secondary N) is 2. The van der Waals surface area contributed by atoms with Crippen molar-refractivity contribution >= 4 is 50.0 Å². The van der Waals surface area contributed by atoms with Crippen LogP contribution in [-0.4, -0.2) is 76.3 Å². The zero-order chi connectivity index (χ0) is 23.1. The van der Waals surface area contributed by atoms with Gasteiger partial charge in [-0.3, -0.25) is 0 Å². The van der Waals surface area contributed by atoms with Crippen molar-refractivity contribution in [3.63, 3.8) is 0 Å². The molecule has 0 aliphatic heterocycles. The van der Waals surface area contributed by atoms with Gasteiger partial charge in [-0.1, -0.05) is 0 Å². The van der Waals surface area contributed by atoms with E-state index in [9.17, 15) is 19.2 Å². The van der Waals surface area contributed by atoms with Crippen LogP contribution in [-0.2, 0) is 28.7 Å². The second kappa shape index (κ2) is 16.6. The summed E-state index contributed by atoms with van der Waals surface area (Å²) in [6, 6.07) is -1.20. The van der Waals surface area contributed by atoms with Gasteiger partial charge in [0, 0.05) is 0 Å². The summed E-state index contributed by atoms with van der Waals surface area (Å²) in [7, 11) is 2.64. The van der Waals surface area contributed by atoms with Gasteiger partial charge in [-0.25, -0.2) is 0 Å². The van der Waals surface area contributed by atoms with Crippen molar-refractivity contribution in [2.45, 2.75) is 76.1 Å². The second-order valence-electron chi connectivity index (χ2n) is 7.69. The first-order valence-electron chi connectivity index (χ1n) is 10.1. The fourth-order valence-corrected chi connectivity index (χ4v) is 8.58. The van der Waals surface area contributed by atoms with Crippen molar-refractivity contribution in [3.05, 3.63) is 0 Å². The first-order valence-corrected chi connectivity index (χ1v) is 16.8. The maximum absolute atomic E-state index is 12.1. The third kappa shape index (κ3) is 14.0. The van der Waals surface area contributed by atoms with Gasteiger partial charge in [0.05, 0.1) is 0 Å². The number of ether oxygens (including phenoxy) is 2. The van der Waals surface area contributed by atoms with Crippen LogP contribution in [0.25, 0.3) is 0 Å². The summed E-state index contributed by atoms with van der Waals surface area (Å²) >= 11 is 0.590. The van der Waals surface area contributed by atoms with Gasteiger partial charge < -0.3 is 0 Å². The van der Waals surface area contributed by atoms with Gasteiger partial charge in [0.1, 0.15) is 0 Å². The molecule has 0 fully saturated rings. The molecule has 0 bridgehead atoms. The molecule has 0 spiro atoms. The monoisotopic (exact) mass is 560 g/mol. The molecule has 0 heterocycles. The van der Waals surface area contributed by atoms with Gasteiger partial charge in [-0.15, -0.1) is 0 Å². The molecule has 2 N–H and O–H groups in total. The minimum absolute atomic E-state index is 0.143. The number of esters is 2. The maximum atomic E-state index is 12.1. The van der Waals surface area contributed by atoms with Crippen LogP contribution in [0.3, 0.4) is 0 Å². The van der Waals surface area contributed by atoms with Gasteiger partial charge >= 0.3 is 191 Å². The van der Waals surface area contributed by atoms with Crippen molar-refractivity contribution in [1.82, 2.24) is 10.6 Å². The van der Waals surface area contributed by atoms with Crippen molar-refractivity contribution in [2.75, 3.05) is 14.2 Å². The Morgan fingerprint density at radius 1 is 0.700 bits per heavy atom. The van der Waals surface area contributed by atoms with Crippen LogP contribution < -0.4 is 10.6 Å². The van der Waals surface area contributed by atoms with E-state index in [1.54, 1.807) is 0 Å². The summed E-state index contributed by atoms with van der Waals surface area (Å²) in [5.41, 5.74) is 0.